The number of ether oxygens (including phenoxy) is 3. The van der Waals surface area contributed by atoms with Crippen molar-refractivity contribution in [2.75, 3.05) is 6.61 Å². The van der Waals surface area contributed by atoms with Gasteiger partial charge in [-0.25, -0.2) is 0 Å². The molecule has 5 rings (SSSR count). The Morgan fingerprint density at radius 3 is 2.87 bits per heavy atom. The van der Waals surface area contributed by atoms with E-state index in [1.54, 1.807) is 18.3 Å². The second-order valence-corrected chi connectivity index (χ2v) is 8.88. The Labute approximate surface area is 183 Å². The van der Waals surface area contributed by atoms with Gasteiger partial charge in [-0.1, -0.05) is 28.1 Å². The van der Waals surface area contributed by atoms with Crippen LogP contribution in [0.25, 0.3) is 0 Å². The lowest BCUT2D eigenvalue weighted by molar-refractivity contribution is -0.221. The summed E-state index contributed by atoms with van der Waals surface area (Å²) in [5.74, 6) is -0.531. The molecule has 3 aliphatic rings. The maximum Gasteiger partial charge on any atom is 0.494 e. The van der Waals surface area contributed by atoms with E-state index in [0.29, 0.717) is 12.2 Å². The van der Waals surface area contributed by atoms with E-state index in [1.807, 2.05) is 44.2 Å². The molecule has 0 radical (unpaired) electrons. The van der Waals surface area contributed by atoms with Crippen LogP contribution >= 0.6 is 15.9 Å². The highest BCUT2D eigenvalue weighted by atomic mass is 79.9. The summed E-state index contributed by atoms with van der Waals surface area (Å²) in [6.45, 7) is 4.13. The van der Waals surface area contributed by atoms with Crippen molar-refractivity contribution in [3.8, 4) is 5.75 Å². The lowest BCUT2D eigenvalue weighted by Gasteiger charge is -2.32. The van der Waals surface area contributed by atoms with Gasteiger partial charge in [0.15, 0.2) is 12.1 Å². The van der Waals surface area contributed by atoms with E-state index >= 15 is 0 Å². The monoisotopic (exact) mass is 473 g/mol. The van der Waals surface area contributed by atoms with E-state index in [-0.39, 0.29) is 24.1 Å². The van der Waals surface area contributed by atoms with Crippen molar-refractivity contribution in [3.05, 3.63) is 52.5 Å². The lowest BCUT2D eigenvalue weighted by Crippen LogP contribution is -2.53. The van der Waals surface area contributed by atoms with Crippen molar-refractivity contribution >= 4 is 40.4 Å². The molecular weight excluding hydrogens is 453 g/mol. The molecule has 3 aliphatic heterocycles. The van der Waals surface area contributed by atoms with E-state index in [9.17, 15) is 5.11 Å². The molecule has 30 heavy (non-hydrogen) atoms. The third-order valence-corrected chi connectivity index (χ3v) is 5.76. The molecule has 3 heterocycles. The molecule has 0 aromatic heterocycles. The molecule has 0 amide bonds. The first-order chi connectivity index (χ1) is 14.4. The molecule has 7 nitrogen and oxygen atoms in total. The first kappa shape index (κ1) is 20.2. The van der Waals surface area contributed by atoms with Crippen molar-refractivity contribution in [2.45, 2.75) is 44.2 Å². The maximum atomic E-state index is 10.0. The number of benzene rings is 2. The Balaban J connectivity index is 1.31. The first-order valence-corrected chi connectivity index (χ1v) is 10.6. The van der Waals surface area contributed by atoms with Crippen molar-refractivity contribution in [1.29, 1.82) is 0 Å². The highest BCUT2D eigenvalue weighted by molar-refractivity contribution is 9.10. The molecular formula is C21H21BBrNO6. The van der Waals surface area contributed by atoms with E-state index < -0.39 is 19.2 Å². The summed E-state index contributed by atoms with van der Waals surface area (Å²) < 4.78 is 30.6. The summed E-state index contributed by atoms with van der Waals surface area (Å²) in [6, 6.07) is 12.9. The summed E-state index contributed by atoms with van der Waals surface area (Å²) >= 11 is 3.33. The number of halogens is 1. The van der Waals surface area contributed by atoms with Crippen LogP contribution in [-0.4, -0.2) is 55.4 Å². The number of rotatable bonds is 3. The van der Waals surface area contributed by atoms with Gasteiger partial charge in [0.05, 0.1) is 12.3 Å². The minimum atomic E-state index is -0.690. The largest absolute Gasteiger partial charge is 0.507 e. The Kier molecular flexibility index (Phi) is 5.21. The molecule has 156 valence electrons. The number of phenols is 1. The molecule has 0 bridgehead atoms. The van der Waals surface area contributed by atoms with Crippen molar-refractivity contribution < 1.29 is 28.6 Å². The molecule has 4 atom stereocenters. The fraction of sp³-hybridized carbons (Fsp3) is 0.381. The highest BCUT2D eigenvalue weighted by Crippen LogP contribution is 2.40. The average molecular weight is 474 g/mol. The van der Waals surface area contributed by atoms with Gasteiger partial charge in [-0.05, 0) is 49.6 Å². The lowest BCUT2D eigenvalue weighted by atomic mass is 9.77. The highest BCUT2D eigenvalue weighted by Gasteiger charge is 2.57. The second kappa shape index (κ2) is 7.74. The van der Waals surface area contributed by atoms with Crippen LogP contribution in [0.3, 0.4) is 0 Å². The zero-order chi connectivity index (χ0) is 20.9. The van der Waals surface area contributed by atoms with Crippen LogP contribution in [0.5, 0.6) is 5.75 Å². The molecule has 3 saturated heterocycles. The van der Waals surface area contributed by atoms with E-state index in [0.717, 1.165) is 15.6 Å². The summed E-state index contributed by atoms with van der Waals surface area (Å²) in [4.78, 5) is 4.48. The molecule has 9 heteroatoms. The van der Waals surface area contributed by atoms with Gasteiger partial charge in [0.2, 0.25) is 0 Å². The van der Waals surface area contributed by atoms with Gasteiger partial charge in [0.1, 0.15) is 24.1 Å². The Bertz CT molecular complexity index is 986. The third-order valence-electron chi connectivity index (χ3n) is 5.27. The fourth-order valence-electron chi connectivity index (χ4n) is 3.91. The van der Waals surface area contributed by atoms with Gasteiger partial charge in [-0.15, -0.1) is 0 Å². The van der Waals surface area contributed by atoms with Gasteiger partial charge in [0.25, 0.3) is 0 Å². The smallest absolute Gasteiger partial charge is 0.494 e. The number of hydrogen-bond donors (Lipinski definition) is 1. The predicted molar refractivity (Wildman–Crippen MR) is 114 cm³/mol. The number of fused-ring (bicyclic) bond motifs is 3. The molecule has 0 aliphatic carbocycles. The van der Waals surface area contributed by atoms with Crippen LogP contribution in [0.15, 0.2) is 51.9 Å². The second-order valence-electron chi connectivity index (χ2n) is 7.97. The molecule has 2 aromatic carbocycles. The van der Waals surface area contributed by atoms with Crippen LogP contribution in [0.2, 0.25) is 0 Å². The molecule has 2 aromatic rings. The van der Waals surface area contributed by atoms with E-state index in [1.165, 1.54) is 0 Å². The molecule has 3 fully saturated rings. The third kappa shape index (κ3) is 3.93. The van der Waals surface area contributed by atoms with Crippen LogP contribution in [0, 0.1) is 0 Å². The SMILES string of the molecule is CC1(C)O[C@H]2O[C@@H]3COB(c4cccc(N=Cc5ccc(Br)cc5O)c4)O[C@@H]3[C@H]2O1. The van der Waals surface area contributed by atoms with Gasteiger partial charge in [-0.3, -0.25) is 4.99 Å². The minimum absolute atomic E-state index is 0.159. The van der Waals surface area contributed by atoms with Crippen LogP contribution < -0.4 is 5.46 Å². The Morgan fingerprint density at radius 2 is 2.03 bits per heavy atom. The fourth-order valence-corrected chi connectivity index (χ4v) is 4.26. The summed E-state index contributed by atoms with van der Waals surface area (Å²) in [7, 11) is -0.544. The van der Waals surface area contributed by atoms with Gasteiger partial charge >= 0.3 is 7.12 Å². The average Bonchev–Trinajstić information content (AvgIpc) is 3.18. The van der Waals surface area contributed by atoms with Gasteiger partial charge < -0.3 is 28.6 Å². The van der Waals surface area contributed by atoms with Crippen molar-refractivity contribution in [1.82, 2.24) is 0 Å². The normalized spacial score (nSPS) is 29.9. The maximum absolute atomic E-state index is 10.0. The number of nitrogens with zero attached hydrogens (tertiary/aromatic N) is 1. The molecule has 0 unspecified atom stereocenters. The number of hydrogen-bond acceptors (Lipinski definition) is 7. The zero-order valence-corrected chi connectivity index (χ0v) is 18.1. The van der Waals surface area contributed by atoms with Crippen LogP contribution in [0.1, 0.15) is 19.4 Å². The van der Waals surface area contributed by atoms with Crippen LogP contribution in [-0.2, 0) is 23.5 Å². The standard InChI is InChI=1S/C21H21BBrNO6/c1-21(2)28-19-18-17(27-20(19)29-21)11-26-22(30-18)13-4-3-5-15(8-13)24-10-12-6-7-14(23)9-16(12)25/h3-10,17-20,25H,11H2,1-2H3/t17-,18+,19-,20-/m1/s1. The first-order valence-electron chi connectivity index (χ1n) is 9.79. The summed E-state index contributed by atoms with van der Waals surface area (Å²) in [6.07, 6.45) is 0.432. The zero-order valence-electron chi connectivity index (χ0n) is 16.5. The minimum Gasteiger partial charge on any atom is -0.507 e. The molecule has 1 N–H and O–H groups in total. The van der Waals surface area contributed by atoms with E-state index in [2.05, 4.69) is 20.9 Å². The van der Waals surface area contributed by atoms with E-state index in [4.69, 9.17) is 23.5 Å². The van der Waals surface area contributed by atoms with Crippen molar-refractivity contribution in [3.63, 3.8) is 0 Å². The Morgan fingerprint density at radius 1 is 1.17 bits per heavy atom. The molecule has 0 saturated carbocycles. The number of phenolic OH excluding ortho intramolecular Hbond substituents is 1. The Hall–Kier alpha value is -1.75. The summed E-state index contributed by atoms with van der Waals surface area (Å²) in [5, 5.41) is 10.0. The number of aliphatic imine (C=N–C) groups is 1. The summed E-state index contributed by atoms with van der Waals surface area (Å²) in [5.41, 5.74) is 2.21. The quantitative estimate of drug-likeness (QED) is 0.545. The van der Waals surface area contributed by atoms with Gasteiger partial charge in [0, 0.05) is 16.3 Å². The van der Waals surface area contributed by atoms with Crippen molar-refractivity contribution in [2.24, 2.45) is 4.99 Å². The number of aromatic hydroxyl groups is 1. The topological polar surface area (TPSA) is 78.7 Å². The molecule has 0 spiro atoms. The van der Waals surface area contributed by atoms with Crippen LogP contribution in [0.4, 0.5) is 5.69 Å². The predicted octanol–water partition coefficient (Wildman–Crippen LogP) is 2.89. The van der Waals surface area contributed by atoms with Gasteiger partial charge in [-0.2, -0.15) is 0 Å².